The molecule has 1 aliphatic heterocycles. The number of hydrogen-bond donors (Lipinski definition) is 0. The minimum atomic E-state index is -0.767. The highest BCUT2D eigenvalue weighted by atomic mass is 35.5. The number of aromatic nitrogens is 2. The fraction of sp³-hybridized carbons (Fsp3) is 0.318. The molecule has 1 saturated heterocycles. The van der Waals surface area contributed by atoms with Crippen LogP contribution in [0.3, 0.4) is 0 Å². The van der Waals surface area contributed by atoms with E-state index in [0.717, 1.165) is 12.0 Å². The van der Waals surface area contributed by atoms with Crippen LogP contribution < -0.4 is 4.74 Å². The number of benzene rings is 2. The SMILES string of the molecule is Cl.Fc1ccc(OCC2COC(CCc3ccc(Cl)cc3)(Cn3ccnc3)O2)cc1. The maximum Gasteiger partial charge on any atom is 0.187 e. The van der Waals surface area contributed by atoms with Crippen molar-refractivity contribution in [2.75, 3.05) is 13.2 Å². The molecular formula is C22H23Cl2FN2O3. The molecule has 8 heteroatoms. The third-order valence-corrected chi connectivity index (χ3v) is 5.11. The Morgan fingerprint density at radius 3 is 2.63 bits per heavy atom. The lowest BCUT2D eigenvalue weighted by Crippen LogP contribution is -2.37. The Labute approximate surface area is 186 Å². The molecule has 2 aromatic carbocycles. The summed E-state index contributed by atoms with van der Waals surface area (Å²) in [6.07, 6.45) is 6.63. The van der Waals surface area contributed by atoms with E-state index in [1.54, 1.807) is 24.7 Å². The smallest absolute Gasteiger partial charge is 0.187 e. The Hall–Kier alpha value is -2.12. The maximum atomic E-state index is 13.0. The summed E-state index contributed by atoms with van der Waals surface area (Å²) in [7, 11) is 0. The van der Waals surface area contributed by atoms with Gasteiger partial charge in [-0.25, -0.2) is 9.37 Å². The van der Waals surface area contributed by atoms with Crippen LogP contribution in [0.25, 0.3) is 0 Å². The molecule has 4 rings (SSSR count). The van der Waals surface area contributed by atoms with Gasteiger partial charge in [0, 0.05) is 23.8 Å². The van der Waals surface area contributed by atoms with E-state index in [1.165, 1.54) is 12.1 Å². The zero-order chi connectivity index (χ0) is 20.1. The molecule has 0 aliphatic carbocycles. The van der Waals surface area contributed by atoms with Crippen molar-refractivity contribution in [2.24, 2.45) is 0 Å². The Balaban J connectivity index is 0.00000256. The van der Waals surface area contributed by atoms with Gasteiger partial charge in [0.1, 0.15) is 24.3 Å². The first-order valence-corrected chi connectivity index (χ1v) is 9.88. The summed E-state index contributed by atoms with van der Waals surface area (Å²) in [6.45, 7) is 1.29. The predicted molar refractivity (Wildman–Crippen MR) is 115 cm³/mol. The number of nitrogens with zero attached hydrogens (tertiary/aromatic N) is 2. The van der Waals surface area contributed by atoms with Crippen molar-refractivity contribution in [3.8, 4) is 5.75 Å². The molecule has 30 heavy (non-hydrogen) atoms. The van der Waals surface area contributed by atoms with Crippen molar-refractivity contribution in [1.29, 1.82) is 0 Å². The minimum Gasteiger partial charge on any atom is -0.491 e. The minimum absolute atomic E-state index is 0. The Morgan fingerprint density at radius 1 is 1.17 bits per heavy atom. The van der Waals surface area contributed by atoms with Gasteiger partial charge in [0.15, 0.2) is 5.79 Å². The topological polar surface area (TPSA) is 45.5 Å². The molecule has 5 nitrogen and oxygen atoms in total. The summed E-state index contributed by atoms with van der Waals surface area (Å²) in [4.78, 5) is 4.11. The zero-order valence-corrected chi connectivity index (χ0v) is 17.8. The van der Waals surface area contributed by atoms with E-state index in [9.17, 15) is 4.39 Å². The molecule has 1 fully saturated rings. The predicted octanol–water partition coefficient (Wildman–Crippen LogP) is 4.92. The zero-order valence-electron chi connectivity index (χ0n) is 16.2. The maximum absolute atomic E-state index is 13.0. The highest BCUT2D eigenvalue weighted by Crippen LogP contribution is 2.31. The molecule has 0 amide bonds. The molecule has 160 valence electrons. The van der Waals surface area contributed by atoms with Crippen molar-refractivity contribution in [3.63, 3.8) is 0 Å². The number of imidazole rings is 1. The van der Waals surface area contributed by atoms with Crippen LogP contribution in [0, 0.1) is 5.82 Å². The quantitative estimate of drug-likeness (QED) is 0.486. The average Bonchev–Trinajstić information content (AvgIpc) is 3.38. The highest BCUT2D eigenvalue weighted by Gasteiger charge is 2.42. The molecule has 0 spiro atoms. The molecule has 0 N–H and O–H groups in total. The second-order valence-corrected chi connectivity index (χ2v) is 7.52. The highest BCUT2D eigenvalue weighted by molar-refractivity contribution is 6.30. The van der Waals surface area contributed by atoms with E-state index in [-0.39, 0.29) is 24.3 Å². The number of aryl methyl sites for hydroxylation is 1. The average molecular weight is 453 g/mol. The van der Waals surface area contributed by atoms with Gasteiger partial charge in [0.2, 0.25) is 0 Å². The Kier molecular flexibility index (Phi) is 7.72. The monoisotopic (exact) mass is 452 g/mol. The van der Waals surface area contributed by atoms with Gasteiger partial charge in [-0.3, -0.25) is 0 Å². The lowest BCUT2D eigenvalue weighted by Gasteiger charge is -2.28. The van der Waals surface area contributed by atoms with E-state index >= 15 is 0 Å². The first-order valence-electron chi connectivity index (χ1n) is 9.51. The second-order valence-electron chi connectivity index (χ2n) is 7.09. The first-order chi connectivity index (χ1) is 14.1. The van der Waals surface area contributed by atoms with E-state index in [2.05, 4.69) is 4.98 Å². The van der Waals surface area contributed by atoms with Crippen LogP contribution in [-0.4, -0.2) is 34.7 Å². The number of hydrogen-bond acceptors (Lipinski definition) is 4. The standard InChI is InChI=1S/C22H22ClFN2O3.ClH/c23-18-3-1-17(2-4-18)9-10-22(15-26-12-11-25-16-26)28-14-21(29-22)13-27-20-7-5-19(24)6-8-20;/h1-8,11-12,16,21H,9-10,13-15H2;1H. The van der Waals surface area contributed by atoms with Gasteiger partial charge in [-0.2, -0.15) is 0 Å². The van der Waals surface area contributed by atoms with Crippen LogP contribution >= 0.6 is 24.0 Å². The lowest BCUT2D eigenvalue weighted by molar-refractivity contribution is -0.184. The van der Waals surface area contributed by atoms with Crippen molar-refractivity contribution in [1.82, 2.24) is 9.55 Å². The largest absolute Gasteiger partial charge is 0.491 e. The summed E-state index contributed by atoms with van der Waals surface area (Å²) >= 11 is 5.98. The van der Waals surface area contributed by atoms with Crippen LogP contribution in [0.2, 0.25) is 5.02 Å². The summed E-state index contributed by atoms with van der Waals surface area (Å²) in [5.74, 6) is -0.459. The van der Waals surface area contributed by atoms with Crippen LogP contribution in [0.5, 0.6) is 5.75 Å². The van der Waals surface area contributed by atoms with Crippen molar-refractivity contribution in [3.05, 3.63) is 83.7 Å². The molecule has 2 unspecified atom stereocenters. The molecule has 0 saturated carbocycles. The summed E-state index contributed by atoms with van der Waals surface area (Å²) in [5.41, 5.74) is 1.16. The normalized spacial score (nSPS) is 20.7. The van der Waals surface area contributed by atoms with Gasteiger partial charge in [-0.05, 0) is 48.4 Å². The molecule has 1 aromatic heterocycles. The molecular weight excluding hydrogens is 430 g/mol. The van der Waals surface area contributed by atoms with E-state index in [4.69, 9.17) is 25.8 Å². The molecule has 0 bridgehead atoms. The van der Waals surface area contributed by atoms with Gasteiger partial charge >= 0.3 is 0 Å². The second kappa shape index (κ2) is 10.3. The lowest BCUT2D eigenvalue weighted by atomic mass is 10.0. The van der Waals surface area contributed by atoms with Gasteiger partial charge in [0.25, 0.3) is 0 Å². The summed E-state index contributed by atoms with van der Waals surface area (Å²) < 4.78 is 33.2. The van der Waals surface area contributed by atoms with Gasteiger partial charge < -0.3 is 18.8 Å². The number of ether oxygens (including phenoxy) is 3. The molecule has 0 radical (unpaired) electrons. The summed E-state index contributed by atoms with van der Waals surface area (Å²) in [5, 5.41) is 0.716. The summed E-state index contributed by atoms with van der Waals surface area (Å²) in [6, 6.07) is 13.7. The van der Waals surface area contributed by atoms with E-state index in [0.29, 0.717) is 37.0 Å². The Bertz CT molecular complexity index is 907. The van der Waals surface area contributed by atoms with Crippen LogP contribution in [-0.2, 0) is 22.4 Å². The van der Waals surface area contributed by atoms with Crippen LogP contribution in [0.15, 0.2) is 67.3 Å². The number of halogens is 3. The van der Waals surface area contributed by atoms with Gasteiger partial charge in [-0.15, -0.1) is 12.4 Å². The van der Waals surface area contributed by atoms with Crippen molar-refractivity contribution < 1.29 is 18.6 Å². The van der Waals surface area contributed by atoms with E-state index < -0.39 is 5.79 Å². The fourth-order valence-corrected chi connectivity index (χ4v) is 3.48. The van der Waals surface area contributed by atoms with Gasteiger partial charge in [-0.1, -0.05) is 23.7 Å². The first kappa shape index (κ1) is 22.6. The molecule has 1 aliphatic rings. The van der Waals surface area contributed by atoms with Crippen molar-refractivity contribution >= 4 is 24.0 Å². The third kappa shape index (κ3) is 5.95. The van der Waals surface area contributed by atoms with E-state index in [1.807, 2.05) is 35.0 Å². The molecule has 2 heterocycles. The third-order valence-electron chi connectivity index (χ3n) is 4.85. The molecule has 3 aromatic rings. The van der Waals surface area contributed by atoms with Crippen LogP contribution in [0.1, 0.15) is 12.0 Å². The number of rotatable bonds is 8. The fourth-order valence-electron chi connectivity index (χ4n) is 3.36. The van der Waals surface area contributed by atoms with Gasteiger partial charge in [0.05, 0.1) is 19.5 Å². The molecule has 2 atom stereocenters. The Morgan fingerprint density at radius 2 is 1.93 bits per heavy atom. The van der Waals surface area contributed by atoms with Crippen molar-refractivity contribution in [2.45, 2.75) is 31.3 Å². The van der Waals surface area contributed by atoms with Crippen LogP contribution in [0.4, 0.5) is 4.39 Å².